The molecule has 0 saturated carbocycles. The summed E-state index contributed by atoms with van der Waals surface area (Å²) in [6, 6.07) is 6.54. The van der Waals surface area contributed by atoms with Gasteiger partial charge in [-0.25, -0.2) is 9.18 Å². The Hall–Kier alpha value is -2.88. The van der Waals surface area contributed by atoms with E-state index in [4.69, 9.17) is 5.26 Å². The third-order valence-electron chi connectivity index (χ3n) is 3.47. The van der Waals surface area contributed by atoms with Crippen molar-refractivity contribution in [3.8, 4) is 6.07 Å². The van der Waals surface area contributed by atoms with Gasteiger partial charge in [0.1, 0.15) is 17.7 Å². The first-order chi connectivity index (χ1) is 10.4. The number of anilines is 1. The van der Waals surface area contributed by atoms with Crippen LogP contribution in [0.5, 0.6) is 0 Å². The minimum absolute atomic E-state index is 0.122. The Balaban J connectivity index is 2.42. The molecule has 0 unspecified atom stereocenters. The molecule has 6 nitrogen and oxygen atoms in total. The molecule has 0 aliphatic heterocycles. The lowest BCUT2D eigenvalue weighted by Gasteiger charge is -2.13. The molecule has 1 N–H and O–H groups in total. The van der Waals surface area contributed by atoms with Crippen molar-refractivity contribution >= 4 is 5.82 Å². The van der Waals surface area contributed by atoms with Crippen LogP contribution in [0.4, 0.5) is 10.2 Å². The third-order valence-corrected chi connectivity index (χ3v) is 3.47. The Kier molecular flexibility index (Phi) is 4.13. The molecular weight excluding hydrogens is 287 g/mol. The highest BCUT2D eigenvalue weighted by atomic mass is 19.1. The first-order valence-electron chi connectivity index (χ1n) is 6.55. The van der Waals surface area contributed by atoms with E-state index in [1.165, 1.54) is 24.7 Å². The molecular formula is C15H15FN4O2. The highest BCUT2D eigenvalue weighted by Gasteiger charge is 2.15. The predicted molar refractivity (Wildman–Crippen MR) is 80.1 cm³/mol. The molecule has 0 aliphatic carbocycles. The second kappa shape index (κ2) is 5.85. The van der Waals surface area contributed by atoms with E-state index in [2.05, 4.69) is 5.32 Å². The number of nitriles is 1. The van der Waals surface area contributed by atoms with Crippen molar-refractivity contribution in [2.24, 2.45) is 14.1 Å². The van der Waals surface area contributed by atoms with Gasteiger partial charge in [-0.05, 0) is 24.1 Å². The van der Waals surface area contributed by atoms with E-state index < -0.39 is 11.2 Å². The van der Waals surface area contributed by atoms with Crippen LogP contribution in [0, 0.1) is 24.1 Å². The maximum absolute atomic E-state index is 13.5. The van der Waals surface area contributed by atoms with E-state index in [9.17, 15) is 14.0 Å². The van der Waals surface area contributed by atoms with Crippen LogP contribution in [-0.2, 0) is 20.6 Å². The normalized spacial score (nSPS) is 10.3. The average molecular weight is 302 g/mol. The van der Waals surface area contributed by atoms with Gasteiger partial charge >= 0.3 is 5.69 Å². The maximum Gasteiger partial charge on any atom is 0.332 e. The van der Waals surface area contributed by atoms with Gasteiger partial charge in [-0.1, -0.05) is 12.1 Å². The zero-order chi connectivity index (χ0) is 16.4. The van der Waals surface area contributed by atoms with Crippen LogP contribution in [0.2, 0.25) is 0 Å². The molecule has 0 atom stereocenters. The fourth-order valence-electron chi connectivity index (χ4n) is 2.08. The van der Waals surface area contributed by atoms with Crippen LogP contribution < -0.4 is 16.6 Å². The first-order valence-corrected chi connectivity index (χ1v) is 6.55. The van der Waals surface area contributed by atoms with Crippen LogP contribution >= 0.6 is 0 Å². The van der Waals surface area contributed by atoms with E-state index in [0.717, 1.165) is 4.57 Å². The minimum Gasteiger partial charge on any atom is -0.366 e. The summed E-state index contributed by atoms with van der Waals surface area (Å²) in [5.41, 5.74) is -0.190. The third kappa shape index (κ3) is 2.63. The van der Waals surface area contributed by atoms with Crippen LogP contribution in [0.3, 0.4) is 0 Å². The van der Waals surface area contributed by atoms with Gasteiger partial charge in [0.25, 0.3) is 5.56 Å². The van der Waals surface area contributed by atoms with E-state index >= 15 is 0 Å². The highest BCUT2D eigenvalue weighted by molar-refractivity contribution is 5.51. The number of halogens is 1. The van der Waals surface area contributed by atoms with Gasteiger partial charge in [0.2, 0.25) is 0 Å². The second-order valence-electron chi connectivity index (χ2n) is 4.98. The van der Waals surface area contributed by atoms with Crippen LogP contribution in [0.1, 0.15) is 16.7 Å². The Morgan fingerprint density at radius 3 is 2.55 bits per heavy atom. The van der Waals surface area contributed by atoms with Crippen molar-refractivity contribution in [2.45, 2.75) is 13.5 Å². The zero-order valence-electron chi connectivity index (χ0n) is 12.5. The van der Waals surface area contributed by atoms with Crippen LogP contribution in [0.25, 0.3) is 0 Å². The van der Waals surface area contributed by atoms with Gasteiger partial charge in [0.05, 0.1) is 0 Å². The molecule has 0 fully saturated rings. The summed E-state index contributed by atoms with van der Waals surface area (Å²) in [6.45, 7) is 1.84. The van der Waals surface area contributed by atoms with Gasteiger partial charge in [0, 0.05) is 20.6 Å². The lowest BCUT2D eigenvalue weighted by molar-refractivity contribution is 0.616. The molecule has 2 aromatic rings. The van der Waals surface area contributed by atoms with Crippen molar-refractivity contribution < 1.29 is 4.39 Å². The van der Waals surface area contributed by atoms with E-state index in [-0.39, 0.29) is 23.7 Å². The lowest BCUT2D eigenvalue weighted by Crippen LogP contribution is -2.39. The summed E-state index contributed by atoms with van der Waals surface area (Å²) in [4.78, 5) is 23.8. The van der Waals surface area contributed by atoms with Crippen molar-refractivity contribution in [2.75, 3.05) is 5.32 Å². The number of benzene rings is 1. The fraction of sp³-hybridized carbons (Fsp3) is 0.267. The number of hydrogen-bond donors (Lipinski definition) is 1. The van der Waals surface area contributed by atoms with Crippen molar-refractivity contribution in [3.05, 3.63) is 61.5 Å². The summed E-state index contributed by atoms with van der Waals surface area (Å²) in [5, 5.41) is 12.0. The van der Waals surface area contributed by atoms with Crippen LogP contribution in [0.15, 0.2) is 27.8 Å². The Labute approximate surface area is 126 Å². The van der Waals surface area contributed by atoms with Gasteiger partial charge in [-0.15, -0.1) is 0 Å². The molecule has 2 rings (SSSR count). The molecule has 1 aromatic heterocycles. The topological polar surface area (TPSA) is 79.8 Å². The van der Waals surface area contributed by atoms with Gasteiger partial charge in [0.15, 0.2) is 5.56 Å². The Morgan fingerprint density at radius 2 is 1.95 bits per heavy atom. The minimum atomic E-state index is -0.664. The molecule has 1 heterocycles. The molecule has 0 aliphatic rings. The molecule has 114 valence electrons. The fourth-order valence-corrected chi connectivity index (χ4v) is 2.08. The van der Waals surface area contributed by atoms with E-state index in [0.29, 0.717) is 11.1 Å². The SMILES string of the molecule is Cc1ccc(CNc2c(C#N)c(=O)n(C)c(=O)n2C)cc1F. The summed E-state index contributed by atoms with van der Waals surface area (Å²) in [5.74, 6) is -0.214. The summed E-state index contributed by atoms with van der Waals surface area (Å²) >= 11 is 0. The van der Waals surface area contributed by atoms with Gasteiger partial charge in [-0.2, -0.15) is 5.26 Å². The molecule has 0 amide bonds. The van der Waals surface area contributed by atoms with E-state index in [1.807, 2.05) is 0 Å². The number of nitrogens with zero attached hydrogens (tertiary/aromatic N) is 3. The molecule has 7 heteroatoms. The van der Waals surface area contributed by atoms with Crippen molar-refractivity contribution in [1.29, 1.82) is 5.26 Å². The standard InChI is InChI=1S/C15H15FN4O2/c1-9-4-5-10(6-12(9)16)8-18-13-11(7-17)14(21)20(3)15(22)19(13)2/h4-6,18H,8H2,1-3H3. The van der Waals surface area contributed by atoms with Crippen LogP contribution in [-0.4, -0.2) is 9.13 Å². The molecule has 0 bridgehead atoms. The number of aryl methyl sites for hydroxylation is 1. The summed E-state index contributed by atoms with van der Waals surface area (Å²) in [7, 11) is 2.77. The van der Waals surface area contributed by atoms with Crippen molar-refractivity contribution in [1.82, 2.24) is 9.13 Å². The number of aromatic nitrogens is 2. The van der Waals surface area contributed by atoms with Crippen molar-refractivity contribution in [3.63, 3.8) is 0 Å². The van der Waals surface area contributed by atoms with E-state index in [1.54, 1.807) is 25.1 Å². The first kappa shape index (κ1) is 15.5. The predicted octanol–water partition coefficient (Wildman–Crippen LogP) is 1.02. The van der Waals surface area contributed by atoms with Gasteiger partial charge < -0.3 is 5.32 Å². The summed E-state index contributed by atoms with van der Waals surface area (Å²) in [6.07, 6.45) is 0. The molecule has 0 spiro atoms. The molecule has 1 aromatic carbocycles. The largest absolute Gasteiger partial charge is 0.366 e. The second-order valence-corrected chi connectivity index (χ2v) is 4.98. The summed E-state index contributed by atoms with van der Waals surface area (Å²) < 4.78 is 15.6. The number of hydrogen-bond acceptors (Lipinski definition) is 4. The maximum atomic E-state index is 13.5. The molecule has 0 saturated heterocycles. The Morgan fingerprint density at radius 1 is 1.27 bits per heavy atom. The average Bonchev–Trinajstić information content (AvgIpc) is 2.50. The molecule has 0 radical (unpaired) electrons. The van der Waals surface area contributed by atoms with Gasteiger partial charge in [-0.3, -0.25) is 13.9 Å². The highest BCUT2D eigenvalue weighted by Crippen LogP contribution is 2.12. The molecule has 22 heavy (non-hydrogen) atoms. The number of nitrogens with one attached hydrogen (secondary N) is 1. The lowest BCUT2D eigenvalue weighted by atomic mass is 10.1. The smallest absolute Gasteiger partial charge is 0.332 e. The monoisotopic (exact) mass is 302 g/mol. The quantitative estimate of drug-likeness (QED) is 0.918. The Bertz CT molecular complexity index is 890. The number of rotatable bonds is 3. The zero-order valence-corrected chi connectivity index (χ0v) is 12.5.